The zero-order valence-electron chi connectivity index (χ0n) is 8.04. The van der Waals surface area contributed by atoms with Gasteiger partial charge in [0.1, 0.15) is 0 Å². The Morgan fingerprint density at radius 3 is 2.50 bits per heavy atom. The Kier molecular flexibility index (Phi) is 5.72. The van der Waals surface area contributed by atoms with Crippen molar-refractivity contribution in [1.82, 2.24) is 0 Å². The summed E-state index contributed by atoms with van der Waals surface area (Å²) >= 11 is 0. The van der Waals surface area contributed by atoms with Crippen molar-refractivity contribution in [3.63, 3.8) is 0 Å². The maximum Gasteiger partial charge on any atom is 0.303 e. The van der Waals surface area contributed by atoms with Gasteiger partial charge in [-0.05, 0) is 25.7 Å². The highest BCUT2D eigenvalue weighted by Crippen LogP contribution is 2.13. The van der Waals surface area contributed by atoms with Crippen molar-refractivity contribution in [2.75, 3.05) is 7.11 Å². The zero-order chi connectivity index (χ0) is 9.56. The number of ether oxygens (including phenoxy) is 1. The minimum atomic E-state index is -0.715. The average Bonchev–Trinajstić information content (AvgIpc) is 2.02. The van der Waals surface area contributed by atoms with E-state index in [1.165, 1.54) is 0 Å². The molecular formula is C9H18O3. The van der Waals surface area contributed by atoms with Crippen molar-refractivity contribution in [1.29, 1.82) is 0 Å². The summed E-state index contributed by atoms with van der Waals surface area (Å²) in [5.74, 6) is -0.276. The fourth-order valence-corrected chi connectivity index (χ4v) is 1.04. The summed E-state index contributed by atoms with van der Waals surface area (Å²) in [6.45, 7) is 4.08. The quantitative estimate of drug-likeness (QED) is 0.669. The molecule has 3 heteroatoms. The molecule has 0 aromatic heterocycles. The molecule has 2 atom stereocenters. The molecule has 0 aliphatic carbocycles. The zero-order valence-corrected chi connectivity index (χ0v) is 8.04. The molecule has 0 rings (SSSR count). The van der Waals surface area contributed by atoms with Gasteiger partial charge in [-0.3, -0.25) is 4.79 Å². The van der Waals surface area contributed by atoms with Crippen LogP contribution in [0, 0.1) is 5.92 Å². The summed E-state index contributed by atoms with van der Waals surface area (Å²) in [5.41, 5.74) is 0. The Bertz CT molecular complexity index is 134. The van der Waals surface area contributed by atoms with Crippen LogP contribution in [0.2, 0.25) is 0 Å². The van der Waals surface area contributed by atoms with E-state index >= 15 is 0 Å². The largest absolute Gasteiger partial charge is 0.481 e. The molecule has 2 unspecified atom stereocenters. The predicted molar refractivity (Wildman–Crippen MR) is 47.1 cm³/mol. The number of carboxylic acids is 1. The van der Waals surface area contributed by atoms with E-state index in [-0.39, 0.29) is 12.5 Å². The Hall–Kier alpha value is -0.570. The first-order valence-electron chi connectivity index (χ1n) is 4.32. The van der Waals surface area contributed by atoms with Crippen molar-refractivity contribution < 1.29 is 14.6 Å². The SMILES string of the molecule is COC(C)C(C)CCCC(=O)O. The number of rotatable bonds is 6. The van der Waals surface area contributed by atoms with Crippen molar-refractivity contribution in [3.05, 3.63) is 0 Å². The summed E-state index contributed by atoms with van der Waals surface area (Å²) in [7, 11) is 1.68. The van der Waals surface area contributed by atoms with E-state index in [9.17, 15) is 4.79 Å². The summed E-state index contributed by atoms with van der Waals surface area (Å²) in [6.07, 6.45) is 2.14. The number of hydrogen-bond donors (Lipinski definition) is 1. The van der Waals surface area contributed by atoms with Crippen LogP contribution in [0.3, 0.4) is 0 Å². The van der Waals surface area contributed by atoms with Crippen LogP contribution in [0.5, 0.6) is 0 Å². The molecule has 0 radical (unpaired) electrons. The van der Waals surface area contributed by atoms with Crippen molar-refractivity contribution in [2.45, 2.75) is 39.2 Å². The predicted octanol–water partition coefficient (Wildman–Crippen LogP) is 1.91. The Balaban J connectivity index is 3.43. The van der Waals surface area contributed by atoms with Crippen LogP contribution in [-0.4, -0.2) is 24.3 Å². The number of hydrogen-bond acceptors (Lipinski definition) is 2. The lowest BCUT2D eigenvalue weighted by Crippen LogP contribution is -2.16. The molecule has 0 bridgehead atoms. The van der Waals surface area contributed by atoms with Crippen LogP contribution < -0.4 is 0 Å². The average molecular weight is 174 g/mol. The van der Waals surface area contributed by atoms with Gasteiger partial charge in [-0.2, -0.15) is 0 Å². The van der Waals surface area contributed by atoms with Gasteiger partial charge in [0, 0.05) is 13.5 Å². The maximum atomic E-state index is 10.2. The molecule has 0 aromatic rings. The smallest absolute Gasteiger partial charge is 0.303 e. The first-order chi connectivity index (χ1) is 5.57. The summed E-state index contributed by atoms with van der Waals surface area (Å²) in [6, 6.07) is 0. The molecule has 0 fully saturated rings. The van der Waals surface area contributed by atoms with E-state index < -0.39 is 5.97 Å². The first kappa shape index (κ1) is 11.4. The van der Waals surface area contributed by atoms with Gasteiger partial charge in [0.05, 0.1) is 6.10 Å². The summed E-state index contributed by atoms with van der Waals surface area (Å²) in [5, 5.41) is 8.39. The molecule has 3 nitrogen and oxygen atoms in total. The van der Waals surface area contributed by atoms with E-state index in [0.717, 1.165) is 12.8 Å². The van der Waals surface area contributed by atoms with Gasteiger partial charge < -0.3 is 9.84 Å². The minimum absolute atomic E-state index is 0.221. The van der Waals surface area contributed by atoms with Gasteiger partial charge in [0.25, 0.3) is 0 Å². The lowest BCUT2D eigenvalue weighted by Gasteiger charge is -2.17. The first-order valence-corrected chi connectivity index (χ1v) is 4.32. The summed E-state index contributed by atoms with van der Waals surface area (Å²) < 4.78 is 5.12. The van der Waals surface area contributed by atoms with Crippen LogP contribution in [0.15, 0.2) is 0 Å². The monoisotopic (exact) mass is 174 g/mol. The Morgan fingerprint density at radius 1 is 1.50 bits per heavy atom. The second-order valence-corrected chi connectivity index (χ2v) is 3.20. The van der Waals surface area contributed by atoms with E-state index in [1.54, 1.807) is 7.11 Å². The van der Waals surface area contributed by atoms with Crippen LogP contribution >= 0.6 is 0 Å². The normalized spacial score (nSPS) is 15.6. The molecule has 0 aliphatic heterocycles. The van der Waals surface area contributed by atoms with Crippen molar-refractivity contribution in [3.8, 4) is 0 Å². The van der Waals surface area contributed by atoms with Crippen LogP contribution in [-0.2, 0) is 9.53 Å². The molecule has 0 heterocycles. The van der Waals surface area contributed by atoms with E-state index in [4.69, 9.17) is 9.84 Å². The Labute approximate surface area is 73.7 Å². The van der Waals surface area contributed by atoms with Crippen LogP contribution in [0.1, 0.15) is 33.1 Å². The molecule has 12 heavy (non-hydrogen) atoms. The fourth-order valence-electron chi connectivity index (χ4n) is 1.04. The van der Waals surface area contributed by atoms with Crippen LogP contribution in [0.25, 0.3) is 0 Å². The fraction of sp³-hybridized carbons (Fsp3) is 0.889. The van der Waals surface area contributed by atoms with E-state index in [1.807, 2.05) is 6.92 Å². The molecular weight excluding hydrogens is 156 g/mol. The van der Waals surface area contributed by atoms with Crippen molar-refractivity contribution in [2.24, 2.45) is 5.92 Å². The minimum Gasteiger partial charge on any atom is -0.481 e. The van der Waals surface area contributed by atoms with Gasteiger partial charge in [-0.15, -0.1) is 0 Å². The molecule has 0 amide bonds. The Morgan fingerprint density at radius 2 is 2.08 bits per heavy atom. The van der Waals surface area contributed by atoms with Crippen LogP contribution in [0.4, 0.5) is 0 Å². The molecule has 72 valence electrons. The van der Waals surface area contributed by atoms with Gasteiger partial charge in [0.15, 0.2) is 0 Å². The second-order valence-electron chi connectivity index (χ2n) is 3.20. The third-order valence-electron chi connectivity index (χ3n) is 2.22. The standard InChI is InChI=1S/C9H18O3/c1-7(8(2)12-3)5-4-6-9(10)11/h7-8H,4-6H2,1-3H3,(H,10,11). The third-order valence-corrected chi connectivity index (χ3v) is 2.22. The van der Waals surface area contributed by atoms with E-state index in [2.05, 4.69) is 6.92 Å². The summed E-state index contributed by atoms with van der Waals surface area (Å²) in [4.78, 5) is 10.2. The maximum absolute atomic E-state index is 10.2. The highest BCUT2D eigenvalue weighted by Gasteiger charge is 2.10. The topological polar surface area (TPSA) is 46.5 Å². The number of carbonyl (C=O) groups is 1. The molecule has 0 aromatic carbocycles. The number of methoxy groups -OCH3 is 1. The molecule has 0 spiro atoms. The lowest BCUT2D eigenvalue weighted by molar-refractivity contribution is -0.137. The number of aliphatic carboxylic acids is 1. The molecule has 0 aliphatic rings. The lowest BCUT2D eigenvalue weighted by atomic mass is 9.99. The third kappa shape index (κ3) is 5.13. The van der Waals surface area contributed by atoms with E-state index in [0.29, 0.717) is 5.92 Å². The van der Waals surface area contributed by atoms with Crippen molar-refractivity contribution >= 4 is 5.97 Å². The number of carboxylic acid groups (broad SMARTS) is 1. The second kappa shape index (κ2) is 6.00. The molecule has 0 saturated carbocycles. The van der Waals surface area contributed by atoms with Gasteiger partial charge >= 0.3 is 5.97 Å². The van der Waals surface area contributed by atoms with Gasteiger partial charge in [-0.25, -0.2) is 0 Å². The van der Waals surface area contributed by atoms with Gasteiger partial charge in [-0.1, -0.05) is 6.92 Å². The highest BCUT2D eigenvalue weighted by atomic mass is 16.5. The molecule has 0 saturated heterocycles. The van der Waals surface area contributed by atoms with Gasteiger partial charge in [0.2, 0.25) is 0 Å². The highest BCUT2D eigenvalue weighted by molar-refractivity contribution is 5.66. The molecule has 1 N–H and O–H groups in total.